The maximum absolute atomic E-state index is 13.1. The zero-order valence-electron chi connectivity index (χ0n) is 17.2. The number of aromatic amines is 2. The van der Waals surface area contributed by atoms with Crippen LogP contribution in [0.25, 0.3) is 33.1 Å². The lowest BCUT2D eigenvalue weighted by Crippen LogP contribution is -2.12. The summed E-state index contributed by atoms with van der Waals surface area (Å²) in [5.41, 5.74) is 2.19. The molecule has 9 heteroatoms. The largest absolute Gasteiger partial charge is 0.494 e. The van der Waals surface area contributed by atoms with Crippen LogP contribution in [0.1, 0.15) is 31.6 Å². The summed E-state index contributed by atoms with van der Waals surface area (Å²) in [5.74, 6) is 1.03. The summed E-state index contributed by atoms with van der Waals surface area (Å²) in [6.07, 6.45) is 2.96. The van der Waals surface area contributed by atoms with Crippen molar-refractivity contribution in [1.82, 2.24) is 25.6 Å². The van der Waals surface area contributed by atoms with E-state index < -0.39 is 0 Å². The Hall–Kier alpha value is -2.97. The van der Waals surface area contributed by atoms with Gasteiger partial charge >= 0.3 is 0 Å². The predicted octanol–water partition coefficient (Wildman–Crippen LogP) is 5.35. The first-order valence-corrected chi connectivity index (χ1v) is 11.3. The monoisotopic (exact) mass is 455 g/mol. The van der Waals surface area contributed by atoms with E-state index in [4.69, 9.17) is 16.3 Å². The van der Waals surface area contributed by atoms with Crippen LogP contribution in [0.2, 0.25) is 5.02 Å². The molecule has 31 heavy (non-hydrogen) atoms. The number of H-pyrrole nitrogens is 2. The van der Waals surface area contributed by atoms with E-state index in [1.165, 1.54) is 4.88 Å². The van der Waals surface area contributed by atoms with E-state index in [2.05, 4.69) is 45.5 Å². The number of pyridine rings is 1. The number of hydrogen-bond donors (Lipinski definition) is 2. The van der Waals surface area contributed by atoms with Gasteiger partial charge in [0, 0.05) is 20.9 Å². The zero-order valence-corrected chi connectivity index (χ0v) is 18.8. The summed E-state index contributed by atoms with van der Waals surface area (Å²) in [6.45, 7) is 4.86. The highest BCUT2D eigenvalue weighted by Gasteiger charge is 2.19. The van der Waals surface area contributed by atoms with Gasteiger partial charge in [0.2, 0.25) is 0 Å². The topological polar surface area (TPSA) is 96.6 Å². The molecule has 0 saturated heterocycles. The van der Waals surface area contributed by atoms with E-state index in [9.17, 15) is 4.79 Å². The van der Waals surface area contributed by atoms with Gasteiger partial charge in [0.05, 0.1) is 22.9 Å². The number of unbranched alkanes of at least 4 members (excludes halogenated alkanes) is 1. The number of thiophene rings is 1. The molecule has 3 heterocycles. The number of aromatic nitrogens is 5. The summed E-state index contributed by atoms with van der Waals surface area (Å²) in [4.78, 5) is 18.2. The fourth-order valence-corrected chi connectivity index (χ4v) is 4.49. The van der Waals surface area contributed by atoms with Gasteiger partial charge in [-0.15, -0.1) is 16.4 Å². The molecule has 3 aromatic heterocycles. The van der Waals surface area contributed by atoms with E-state index in [1.54, 1.807) is 17.4 Å². The third kappa shape index (κ3) is 4.55. The van der Waals surface area contributed by atoms with Gasteiger partial charge in [-0.05, 0) is 59.7 Å². The molecule has 0 aliphatic heterocycles. The summed E-state index contributed by atoms with van der Waals surface area (Å²) in [6, 6.07) is 11.5. The van der Waals surface area contributed by atoms with Crippen molar-refractivity contribution in [2.75, 3.05) is 6.61 Å². The standard InChI is InChI=1S/C22H22ClN5O2S/c1-3-5-10-30-13-6-8-15(17(23)11-13)18-12-16(19-9-7-14(4-2)31-19)20(22(29)24-18)21-25-27-28-26-21/h6-9,11-12H,3-5,10H2,1-2H3,(H,24,29)(H,25,26,27,28). The minimum absolute atomic E-state index is 0.295. The summed E-state index contributed by atoms with van der Waals surface area (Å²) >= 11 is 8.19. The number of nitrogens with one attached hydrogen (secondary N) is 2. The molecule has 0 spiro atoms. The van der Waals surface area contributed by atoms with Crippen molar-refractivity contribution in [2.45, 2.75) is 33.1 Å². The van der Waals surface area contributed by atoms with Crippen LogP contribution in [0.4, 0.5) is 0 Å². The lowest BCUT2D eigenvalue weighted by Gasteiger charge is -2.12. The average Bonchev–Trinajstić information content (AvgIpc) is 3.45. The number of tetrazole rings is 1. The highest BCUT2D eigenvalue weighted by Crippen LogP contribution is 2.37. The maximum atomic E-state index is 13.1. The van der Waals surface area contributed by atoms with Crippen molar-refractivity contribution in [3.8, 4) is 38.8 Å². The summed E-state index contributed by atoms with van der Waals surface area (Å²) in [7, 11) is 0. The van der Waals surface area contributed by atoms with E-state index >= 15 is 0 Å². The third-order valence-corrected chi connectivity index (χ3v) is 6.46. The minimum atomic E-state index is -0.295. The van der Waals surface area contributed by atoms with E-state index in [-0.39, 0.29) is 5.56 Å². The second-order valence-electron chi connectivity index (χ2n) is 7.01. The Bertz CT molecular complexity index is 1230. The number of aryl methyl sites for hydroxylation is 1. The lowest BCUT2D eigenvalue weighted by molar-refractivity contribution is 0.309. The molecule has 0 unspecified atom stereocenters. The lowest BCUT2D eigenvalue weighted by atomic mass is 10.0. The van der Waals surface area contributed by atoms with Crippen LogP contribution in [0.3, 0.4) is 0 Å². The number of ether oxygens (including phenoxy) is 1. The molecule has 0 radical (unpaired) electrons. The average molecular weight is 456 g/mol. The van der Waals surface area contributed by atoms with Crippen molar-refractivity contribution in [3.63, 3.8) is 0 Å². The molecule has 0 saturated carbocycles. The highest BCUT2D eigenvalue weighted by molar-refractivity contribution is 7.15. The van der Waals surface area contributed by atoms with Gasteiger partial charge in [-0.1, -0.05) is 31.9 Å². The van der Waals surface area contributed by atoms with E-state index in [0.29, 0.717) is 34.5 Å². The minimum Gasteiger partial charge on any atom is -0.494 e. The van der Waals surface area contributed by atoms with Crippen LogP contribution in [-0.4, -0.2) is 32.2 Å². The molecular weight excluding hydrogens is 434 g/mol. The molecule has 0 amide bonds. The molecule has 0 fully saturated rings. The number of nitrogens with zero attached hydrogens (tertiary/aromatic N) is 3. The number of halogens is 1. The van der Waals surface area contributed by atoms with Crippen LogP contribution in [0.15, 0.2) is 41.2 Å². The van der Waals surface area contributed by atoms with Crippen LogP contribution in [0.5, 0.6) is 5.75 Å². The Labute approximate surface area is 188 Å². The molecule has 0 aliphatic rings. The van der Waals surface area contributed by atoms with Crippen LogP contribution < -0.4 is 10.3 Å². The van der Waals surface area contributed by atoms with E-state index in [0.717, 1.165) is 35.3 Å². The van der Waals surface area contributed by atoms with Gasteiger partial charge in [-0.25, -0.2) is 5.10 Å². The Kier molecular flexibility index (Phi) is 6.48. The van der Waals surface area contributed by atoms with Gasteiger partial charge in [0.15, 0.2) is 5.82 Å². The second kappa shape index (κ2) is 9.45. The molecule has 0 atom stereocenters. The molecule has 1 aromatic carbocycles. The van der Waals surface area contributed by atoms with Crippen LogP contribution in [0, 0.1) is 0 Å². The fourth-order valence-electron chi connectivity index (χ4n) is 3.25. The SMILES string of the molecule is CCCCOc1ccc(-c2cc(-c3ccc(CC)s3)c(-c3nnn[nH]3)c(=O)[nH]2)c(Cl)c1. The quantitative estimate of drug-likeness (QED) is 0.349. The summed E-state index contributed by atoms with van der Waals surface area (Å²) in [5, 5.41) is 14.4. The second-order valence-corrected chi connectivity index (χ2v) is 8.59. The molecule has 2 N–H and O–H groups in total. The zero-order chi connectivity index (χ0) is 21.8. The molecule has 4 rings (SSSR count). The number of hydrogen-bond acceptors (Lipinski definition) is 6. The summed E-state index contributed by atoms with van der Waals surface area (Å²) < 4.78 is 5.74. The third-order valence-electron chi connectivity index (χ3n) is 4.89. The van der Waals surface area contributed by atoms with Gasteiger partial charge < -0.3 is 9.72 Å². The first-order chi connectivity index (χ1) is 15.1. The highest BCUT2D eigenvalue weighted by atomic mass is 35.5. The molecule has 0 bridgehead atoms. The number of rotatable bonds is 8. The van der Waals surface area contributed by atoms with Gasteiger partial charge in [-0.2, -0.15) is 0 Å². The Morgan fingerprint density at radius 3 is 2.68 bits per heavy atom. The Balaban J connectivity index is 1.80. The van der Waals surface area contributed by atoms with Crippen molar-refractivity contribution in [1.29, 1.82) is 0 Å². The van der Waals surface area contributed by atoms with E-state index in [1.807, 2.05) is 24.3 Å². The van der Waals surface area contributed by atoms with Gasteiger partial charge in [-0.3, -0.25) is 4.79 Å². The maximum Gasteiger partial charge on any atom is 0.260 e. The Morgan fingerprint density at radius 1 is 1.13 bits per heavy atom. The smallest absolute Gasteiger partial charge is 0.260 e. The van der Waals surface area contributed by atoms with Crippen LogP contribution >= 0.6 is 22.9 Å². The first kappa shape index (κ1) is 21.3. The van der Waals surface area contributed by atoms with Crippen molar-refractivity contribution >= 4 is 22.9 Å². The van der Waals surface area contributed by atoms with Gasteiger partial charge in [0.1, 0.15) is 5.75 Å². The normalized spacial score (nSPS) is 11.1. The molecule has 4 aromatic rings. The van der Waals surface area contributed by atoms with Gasteiger partial charge in [0.25, 0.3) is 5.56 Å². The molecule has 0 aliphatic carbocycles. The predicted molar refractivity (Wildman–Crippen MR) is 124 cm³/mol. The van der Waals surface area contributed by atoms with Crippen molar-refractivity contribution in [3.05, 3.63) is 56.7 Å². The van der Waals surface area contributed by atoms with Crippen LogP contribution in [-0.2, 0) is 6.42 Å². The molecule has 7 nitrogen and oxygen atoms in total. The first-order valence-electron chi connectivity index (χ1n) is 10.1. The molecular formula is C22H22ClN5O2S. The number of benzene rings is 1. The molecule has 160 valence electrons. The van der Waals surface area contributed by atoms with Crippen molar-refractivity contribution in [2.24, 2.45) is 0 Å². The fraction of sp³-hybridized carbons (Fsp3) is 0.273. The van der Waals surface area contributed by atoms with Crippen molar-refractivity contribution < 1.29 is 4.74 Å². The Morgan fingerprint density at radius 2 is 2.00 bits per heavy atom.